The van der Waals surface area contributed by atoms with E-state index in [0.717, 1.165) is 45.2 Å². The summed E-state index contributed by atoms with van der Waals surface area (Å²) in [5, 5.41) is 41.3. The summed E-state index contributed by atoms with van der Waals surface area (Å²) in [5.41, 5.74) is 5.92. The zero-order chi connectivity index (χ0) is 102. The van der Waals surface area contributed by atoms with E-state index in [0.29, 0.717) is 43.4 Å². The molecule has 36 nitrogen and oxygen atoms in total. The molecule has 2 aromatic heterocycles. The number of hydrogen-bond donors (Lipinski definition) is 5. The molecule has 0 bridgehead atoms. The van der Waals surface area contributed by atoms with Crippen molar-refractivity contribution in [2.75, 3.05) is 47.5 Å². The number of pyridine rings is 2. The van der Waals surface area contributed by atoms with Gasteiger partial charge in [-0.05, 0) is 195 Å². The van der Waals surface area contributed by atoms with Gasteiger partial charge in [0.25, 0.3) is 29.1 Å². The number of hydrogen-bond acceptors (Lipinski definition) is 28. The van der Waals surface area contributed by atoms with Crippen molar-refractivity contribution in [1.82, 2.24) is 51.3 Å². The Morgan fingerprint density at radius 2 is 0.904 bits per heavy atom. The number of methoxy groups -OCH3 is 1. The molecule has 0 saturated carbocycles. The standard InChI is InChI=1S/C38H52Cl3N5O8.C24H32N2O4.C16H12N2O7.C15H24Cl3N3O5/c1-22(2)30(31(47)42-23(3)32(48)46-19-11-12-28(44-46)33(49)52-21-38(39,40)41)53-34(50)37(8,9)18-17-25-13-14-26-15-16-27(43-29(26)20-25)24(4)45(10)35(51)54-36(5,6)7;1-16(26(7)22(28)30-23(2,3)4)19-12-11-18-10-9-17(15-20(18)25-19)13-14-24(5,6)21(27)29-8;1-9-5-3-7-11(17(21)22)13(9)15(19)25-16(20)14-10(2)6-4-8-12(14)18(23)24;1-8(2)11(22)12(23)19-9(3)13(24)21-6-4-5-10(20-21)14(25)26-7-15(16,17)18/h13-18,20,22-24,28,30,44H,11-12,19,21H2,1-10H3,(H,42,47);9-16H,1-8H3;3-8H,1-2H3;8-11,20,22H,4-7H2,1-3H3,(H,19,23)/b18-17+;14-13+;;/t23-,24+,28-,30-;16-;;9-,10-,11-/m01.0/s1. The Morgan fingerprint density at radius 1 is 0.541 bits per heavy atom. The SMILES string of the molecule is CC(C)[C@H](O)C(=O)N[C@@H](C)C(=O)N1CCC[C@@H](C(=O)OCC(Cl)(Cl)Cl)N1.CC(C)[C@H](OC(=O)C(C)(C)/C=C/c1ccc2ccc([C@@H](C)N(C)C(=O)OC(C)(C)C)nc2c1)C(=O)N[C@@H](C)C(=O)N1CCC[C@@H](C(=O)OCC(Cl)(Cl)Cl)N1.COC(=O)C(C)(C)/C=C/c1ccc2ccc([C@@H](C)N(C)C(=O)OC(C)(C)C)nc2c1.Cc1cccc([N+](=O)[O-])c1C(=O)OC(=O)c1c(C)cccc1[N+](=O)[O-]. The van der Waals surface area contributed by atoms with E-state index in [1.165, 1.54) is 74.0 Å². The predicted octanol–water partition coefficient (Wildman–Crippen LogP) is 16.1. The number of aliphatic hydroxyl groups is 1. The normalized spacial score (nSPS) is 15.6. The molecule has 135 heavy (non-hydrogen) atoms. The van der Waals surface area contributed by atoms with Gasteiger partial charge in [0.2, 0.25) is 13.5 Å². The number of rotatable bonds is 27. The molecule has 8 rings (SSSR count). The molecule has 0 spiro atoms. The Morgan fingerprint density at radius 3 is 1.24 bits per heavy atom. The van der Waals surface area contributed by atoms with E-state index in [4.69, 9.17) is 108 Å². The van der Waals surface area contributed by atoms with E-state index < -0.39 is 172 Å². The summed E-state index contributed by atoms with van der Waals surface area (Å²) >= 11 is 33.6. The van der Waals surface area contributed by atoms with Crippen molar-refractivity contribution in [2.45, 2.75) is 231 Å². The number of nitro groups is 2. The lowest BCUT2D eigenvalue weighted by atomic mass is 9.92. The summed E-state index contributed by atoms with van der Waals surface area (Å²) in [6.07, 6.45) is 5.84. The predicted molar refractivity (Wildman–Crippen MR) is 510 cm³/mol. The van der Waals surface area contributed by atoms with Gasteiger partial charge in [0.1, 0.15) is 65.8 Å². The van der Waals surface area contributed by atoms with Crippen molar-refractivity contribution < 1.29 is 106 Å². The molecule has 6 amide bonds. The maximum Gasteiger partial charge on any atom is 0.410 e. The highest BCUT2D eigenvalue weighted by Gasteiger charge is 2.40. The molecule has 6 aromatic rings. The van der Waals surface area contributed by atoms with Gasteiger partial charge in [0.15, 0.2) is 6.10 Å². The van der Waals surface area contributed by atoms with Crippen LogP contribution in [0.4, 0.5) is 21.0 Å². The maximum absolute atomic E-state index is 13.5. The summed E-state index contributed by atoms with van der Waals surface area (Å²) in [4.78, 5) is 183. The number of amides is 6. The number of nitrogens with one attached hydrogen (secondary N) is 4. The number of aryl methyl sites for hydroxylation is 2. The van der Waals surface area contributed by atoms with Crippen LogP contribution in [-0.4, -0.2) is 219 Å². The third kappa shape index (κ3) is 35.6. The Kier molecular flexibility index (Phi) is 42.2. The van der Waals surface area contributed by atoms with Gasteiger partial charge < -0.3 is 58.7 Å². The molecule has 2 aliphatic heterocycles. The second-order valence-corrected chi connectivity index (χ2v) is 41.0. The third-order valence-corrected chi connectivity index (χ3v) is 21.3. The number of benzene rings is 4. The van der Waals surface area contributed by atoms with Crippen molar-refractivity contribution in [1.29, 1.82) is 0 Å². The van der Waals surface area contributed by atoms with Crippen molar-refractivity contribution in [3.8, 4) is 0 Å². The van der Waals surface area contributed by atoms with E-state index in [9.17, 15) is 82.9 Å². The number of carbonyl (C=O) groups is 12. The molecule has 4 heterocycles. The van der Waals surface area contributed by atoms with Crippen molar-refractivity contribution in [3.63, 3.8) is 0 Å². The molecule has 0 aliphatic carbocycles. The zero-order valence-corrected chi connectivity index (χ0v) is 84.2. The lowest BCUT2D eigenvalue weighted by Gasteiger charge is -2.34. The Labute approximate surface area is 814 Å². The first-order valence-electron chi connectivity index (χ1n) is 42.9. The van der Waals surface area contributed by atoms with E-state index in [1.54, 1.807) is 86.5 Å². The van der Waals surface area contributed by atoms with Crippen LogP contribution in [-0.2, 0) is 71.5 Å². The number of nitrogens with zero attached hydrogens (tertiary/aromatic N) is 8. The largest absolute Gasteiger partial charge is 0.468 e. The maximum atomic E-state index is 13.5. The van der Waals surface area contributed by atoms with Gasteiger partial charge in [-0.15, -0.1) is 0 Å². The molecule has 2 saturated heterocycles. The van der Waals surface area contributed by atoms with Crippen LogP contribution in [0, 0.1) is 56.7 Å². The molecule has 2 aliphatic rings. The quantitative estimate of drug-likeness (QED) is 0.00798. The summed E-state index contributed by atoms with van der Waals surface area (Å²) in [5.74, 6) is -7.63. The minimum atomic E-state index is -1.77. The molecule has 5 N–H and O–H groups in total. The van der Waals surface area contributed by atoms with Gasteiger partial charge in [-0.1, -0.05) is 182 Å². The van der Waals surface area contributed by atoms with Gasteiger partial charge in [-0.3, -0.25) is 78.6 Å². The molecular formula is C93H120Cl6N12O24. The van der Waals surface area contributed by atoms with E-state index in [1.807, 2.05) is 128 Å². The molecule has 738 valence electrons. The average Bonchev–Trinajstić information content (AvgIpc) is 0.809. The number of esters is 6. The first-order valence-corrected chi connectivity index (χ1v) is 45.2. The Hall–Kier alpha value is -11.0. The van der Waals surface area contributed by atoms with Crippen LogP contribution in [0.2, 0.25) is 0 Å². The highest BCUT2D eigenvalue weighted by molar-refractivity contribution is 6.68. The molecule has 8 atom stereocenters. The van der Waals surface area contributed by atoms with Gasteiger partial charge >= 0.3 is 48.0 Å². The minimum Gasteiger partial charge on any atom is -0.468 e. The molecule has 2 fully saturated rings. The molecule has 0 radical (unpaired) electrons. The number of alkyl halides is 6. The number of nitro benzene ring substituents is 2. The highest BCUT2D eigenvalue weighted by Crippen LogP contribution is 2.34. The van der Waals surface area contributed by atoms with E-state index in [2.05, 4.69) is 26.2 Å². The second-order valence-electron chi connectivity index (χ2n) is 35.9. The first kappa shape index (κ1) is 115. The van der Waals surface area contributed by atoms with E-state index >= 15 is 0 Å². The topological polar surface area (TPSA) is 463 Å². The number of fused-ring (bicyclic) bond motifs is 2. The number of aliphatic hydroxyl groups excluding tert-OH is 1. The van der Waals surface area contributed by atoms with Crippen LogP contribution in [0.25, 0.3) is 34.0 Å². The fourth-order valence-electron chi connectivity index (χ4n) is 12.7. The van der Waals surface area contributed by atoms with E-state index in [-0.39, 0.29) is 52.8 Å². The number of halogens is 6. The van der Waals surface area contributed by atoms with Crippen molar-refractivity contribution in [3.05, 3.63) is 174 Å². The number of hydrazine groups is 2. The van der Waals surface area contributed by atoms with Crippen LogP contribution >= 0.6 is 69.6 Å². The highest BCUT2D eigenvalue weighted by atomic mass is 35.6. The van der Waals surface area contributed by atoms with Crippen LogP contribution < -0.4 is 21.5 Å². The minimum absolute atomic E-state index is 0.242. The van der Waals surface area contributed by atoms with Crippen LogP contribution in [0.15, 0.2) is 109 Å². The molecular weight excluding hydrogens is 1880 g/mol. The van der Waals surface area contributed by atoms with Crippen LogP contribution in [0.1, 0.15) is 217 Å². The summed E-state index contributed by atoms with van der Waals surface area (Å²) < 4.78 is 32.7. The van der Waals surface area contributed by atoms with Gasteiger partial charge in [0, 0.05) is 50.1 Å². The molecule has 4 aromatic carbocycles. The second kappa shape index (κ2) is 49.7. The Balaban J connectivity index is 0.000000339. The number of ether oxygens (including phenoxy) is 7. The fraction of sp³-hybridized carbons (Fsp3) is 0.505. The smallest absolute Gasteiger partial charge is 0.410 e. The third-order valence-electron chi connectivity index (χ3n) is 20.7. The molecule has 0 unspecified atom stereocenters. The molecule has 42 heteroatoms. The lowest BCUT2D eigenvalue weighted by molar-refractivity contribution is -0.385. The average molecular weight is 2000 g/mol. The van der Waals surface area contributed by atoms with Crippen molar-refractivity contribution >= 4 is 187 Å². The first-order chi connectivity index (χ1) is 62.4. The number of carbonyl (C=O) groups excluding carboxylic acids is 12. The van der Waals surface area contributed by atoms with Gasteiger partial charge in [0.05, 0.1) is 62.3 Å². The lowest BCUT2D eigenvalue weighted by Crippen LogP contribution is -2.60. The summed E-state index contributed by atoms with van der Waals surface area (Å²) in [6.45, 7) is 34.3. The fourth-order valence-corrected chi connectivity index (χ4v) is 13.0. The van der Waals surface area contributed by atoms with Crippen LogP contribution in [0.5, 0.6) is 0 Å². The summed E-state index contributed by atoms with van der Waals surface area (Å²) in [7, 11) is 4.76. The summed E-state index contributed by atoms with van der Waals surface area (Å²) in [6, 6.07) is 23.1. The zero-order valence-electron chi connectivity index (χ0n) is 79.7. The Bertz CT molecular complexity index is 5290. The van der Waals surface area contributed by atoms with Crippen LogP contribution in [0.3, 0.4) is 0 Å². The van der Waals surface area contributed by atoms with Gasteiger partial charge in [-0.2, -0.15) is 0 Å². The van der Waals surface area contributed by atoms with Gasteiger partial charge in [-0.25, -0.2) is 30.0 Å². The number of aromatic nitrogens is 2. The van der Waals surface area contributed by atoms with Crippen molar-refractivity contribution in [2.24, 2.45) is 22.7 Å². The monoisotopic (exact) mass is 2000 g/mol.